The molecule has 2 rings (SSSR count). The number of rotatable bonds is 0. The predicted molar refractivity (Wildman–Crippen MR) is 34.9 cm³/mol. The Hall–Kier alpha value is -0.630. The van der Waals surface area contributed by atoms with Crippen molar-refractivity contribution in [3.05, 3.63) is 22.2 Å². The standard InChI is InChI=1S/C6H5NS/c1-2-5-6(3-1)8-4-7-5/h1-2,4H,3H2. The molecule has 0 aliphatic heterocycles. The second-order valence-corrected chi connectivity index (χ2v) is 2.71. The molecule has 8 heavy (non-hydrogen) atoms. The van der Waals surface area contributed by atoms with Crippen LogP contribution in [-0.4, -0.2) is 4.98 Å². The first-order valence-electron chi connectivity index (χ1n) is 2.56. The van der Waals surface area contributed by atoms with Crippen LogP contribution in [0.5, 0.6) is 0 Å². The maximum absolute atomic E-state index is 4.13. The fourth-order valence-corrected chi connectivity index (χ4v) is 1.57. The van der Waals surface area contributed by atoms with E-state index in [0.29, 0.717) is 0 Å². The van der Waals surface area contributed by atoms with E-state index in [9.17, 15) is 0 Å². The number of hydrogen-bond donors (Lipinski definition) is 0. The Morgan fingerprint density at radius 2 is 2.62 bits per heavy atom. The first-order chi connectivity index (χ1) is 3.97. The number of thiazole rings is 1. The minimum absolute atomic E-state index is 1.10. The highest BCUT2D eigenvalue weighted by Crippen LogP contribution is 2.20. The van der Waals surface area contributed by atoms with Crippen molar-refractivity contribution in [1.29, 1.82) is 0 Å². The molecular weight excluding hydrogens is 118 g/mol. The summed E-state index contributed by atoms with van der Waals surface area (Å²) >= 11 is 1.74. The van der Waals surface area contributed by atoms with Gasteiger partial charge in [0.25, 0.3) is 0 Å². The summed E-state index contributed by atoms with van der Waals surface area (Å²) in [4.78, 5) is 5.54. The second-order valence-electron chi connectivity index (χ2n) is 1.77. The van der Waals surface area contributed by atoms with Gasteiger partial charge in [0.05, 0.1) is 11.2 Å². The van der Waals surface area contributed by atoms with E-state index >= 15 is 0 Å². The molecular formula is C6H5NS. The highest BCUT2D eigenvalue weighted by molar-refractivity contribution is 7.09. The van der Waals surface area contributed by atoms with Gasteiger partial charge in [0, 0.05) is 11.3 Å². The van der Waals surface area contributed by atoms with Crippen molar-refractivity contribution >= 4 is 17.4 Å². The lowest BCUT2D eigenvalue weighted by atomic mass is 10.4. The zero-order valence-electron chi connectivity index (χ0n) is 4.29. The summed E-state index contributed by atoms with van der Waals surface area (Å²) in [5, 5.41) is 0. The van der Waals surface area contributed by atoms with Gasteiger partial charge in [0.15, 0.2) is 0 Å². The summed E-state index contributed by atoms with van der Waals surface area (Å²) < 4.78 is 0. The number of allylic oxidation sites excluding steroid dienone is 1. The molecule has 1 heterocycles. The lowest BCUT2D eigenvalue weighted by Crippen LogP contribution is -1.68. The molecule has 0 atom stereocenters. The zero-order chi connectivity index (χ0) is 5.40. The molecule has 1 aromatic heterocycles. The van der Waals surface area contributed by atoms with Crippen LogP contribution in [0.15, 0.2) is 11.6 Å². The molecule has 0 saturated carbocycles. The average Bonchev–Trinajstić information content (AvgIpc) is 2.15. The lowest BCUT2D eigenvalue weighted by Gasteiger charge is -1.77. The Morgan fingerprint density at radius 1 is 1.62 bits per heavy atom. The Bertz CT molecular complexity index is 224. The quantitative estimate of drug-likeness (QED) is 0.511. The molecule has 2 heteroatoms. The molecule has 0 radical (unpaired) electrons. The molecule has 1 aliphatic carbocycles. The van der Waals surface area contributed by atoms with Crippen LogP contribution in [0.4, 0.5) is 0 Å². The molecule has 40 valence electrons. The van der Waals surface area contributed by atoms with Crippen LogP contribution in [0.25, 0.3) is 6.08 Å². The van der Waals surface area contributed by atoms with E-state index in [1.165, 1.54) is 10.6 Å². The third-order valence-electron chi connectivity index (χ3n) is 1.25. The third kappa shape index (κ3) is 0.434. The van der Waals surface area contributed by atoms with Crippen molar-refractivity contribution in [2.24, 2.45) is 0 Å². The van der Waals surface area contributed by atoms with E-state index in [-0.39, 0.29) is 0 Å². The second kappa shape index (κ2) is 1.42. The third-order valence-corrected chi connectivity index (χ3v) is 2.12. The molecule has 1 nitrogen and oxygen atoms in total. The number of nitrogens with zero attached hydrogens (tertiary/aromatic N) is 1. The van der Waals surface area contributed by atoms with Gasteiger partial charge in [-0.05, 0) is 6.08 Å². The number of hydrogen-bond acceptors (Lipinski definition) is 2. The van der Waals surface area contributed by atoms with Crippen molar-refractivity contribution in [2.75, 3.05) is 0 Å². The Kier molecular flexibility index (Phi) is 0.758. The van der Waals surface area contributed by atoms with Crippen molar-refractivity contribution in [3.8, 4) is 0 Å². The fraction of sp³-hybridized carbons (Fsp3) is 0.167. The van der Waals surface area contributed by atoms with Gasteiger partial charge < -0.3 is 0 Å². The van der Waals surface area contributed by atoms with Gasteiger partial charge >= 0.3 is 0 Å². The number of fused-ring (bicyclic) bond motifs is 1. The lowest BCUT2D eigenvalue weighted by molar-refractivity contribution is 1.32. The van der Waals surface area contributed by atoms with Crippen LogP contribution >= 0.6 is 11.3 Å². The van der Waals surface area contributed by atoms with Gasteiger partial charge in [0.2, 0.25) is 0 Å². The van der Waals surface area contributed by atoms with Gasteiger partial charge in [-0.1, -0.05) is 6.08 Å². The van der Waals surface area contributed by atoms with E-state index in [0.717, 1.165) is 6.42 Å². The summed E-state index contributed by atoms with van der Waals surface area (Å²) in [6.07, 6.45) is 5.32. The van der Waals surface area contributed by atoms with E-state index in [4.69, 9.17) is 0 Å². The first kappa shape index (κ1) is 4.27. The molecule has 0 spiro atoms. The maximum Gasteiger partial charge on any atom is 0.0801 e. The molecule has 0 N–H and O–H groups in total. The normalized spacial score (nSPS) is 14.5. The highest BCUT2D eigenvalue weighted by Gasteiger charge is 2.04. The van der Waals surface area contributed by atoms with Crippen LogP contribution in [0.3, 0.4) is 0 Å². The van der Waals surface area contributed by atoms with Crippen molar-refractivity contribution < 1.29 is 0 Å². The van der Waals surface area contributed by atoms with Gasteiger partial charge in [0.1, 0.15) is 0 Å². The largest absolute Gasteiger partial charge is 0.245 e. The minimum Gasteiger partial charge on any atom is -0.245 e. The number of aromatic nitrogens is 1. The minimum atomic E-state index is 1.10. The van der Waals surface area contributed by atoms with E-state index < -0.39 is 0 Å². The maximum atomic E-state index is 4.13. The highest BCUT2D eigenvalue weighted by atomic mass is 32.1. The van der Waals surface area contributed by atoms with E-state index in [1.807, 2.05) is 5.51 Å². The smallest absolute Gasteiger partial charge is 0.0801 e. The molecule has 0 unspecified atom stereocenters. The van der Waals surface area contributed by atoms with Gasteiger partial charge in [-0.15, -0.1) is 11.3 Å². The topological polar surface area (TPSA) is 12.9 Å². The van der Waals surface area contributed by atoms with Gasteiger partial charge in [-0.2, -0.15) is 0 Å². The summed E-state index contributed by atoms with van der Waals surface area (Å²) in [7, 11) is 0. The van der Waals surface area contributed by atoms with E-state index in [1.54, 1.807) is 11.3 Å². The molecule has 0 fully saturated rings. The zero-order valence-corrected chi connectivity index (χ0v) is 5.11. The molecule has 0 saturated heterocycles. The van der Waals surface area contributed by atoms with Crippen LogP contribution in [0.1, 0.15) is 10.6 Å². The van der Waals surface area contributed by atoms with Crippen molar-refractivity contribution in [1.82, 2.24) is 4.98 Å². The van der Waals surface area contributed by atoms with Crippen molar-refractivity contribution in [3.63, 3.8) is 0 Å². The van der Waals surface area contributed by atoms with Gasteiger partial charge in [-0.3, -0.25) is 0 Å². The SMILES string of the molecule is C1=Cc2ncsc2C1. The summed E-state index contributed by atoms with van der Waals surface area (Å²) in [5.74, 6) is 0. The average molecular weight is 123 g/mol. The molecule has 0 amide bonds. The van der Waals surface area contributed by atoms with Crippen LogP contribution < -0.4 is 0 Å². The summed E-state index contributed by atoms with van der Waals surface area (Å²) in [5.41, 5.74) is 3.07. The molecule has 1 aliphatic rings. The van der Waals surface area contributed by atoms with Crippen molar-refractivity contribution in [2.45, 2.75) is 6.42 Å². The van der Waals surface area contributed by atoms with Crippen LogP contribution in [0, 0.1) is 0 Å². The molecule has 1 aromatic rings. The summed E-state index contributed by atoms with van der Waals surface area (Å²) in [6, 6.07) is 0. The molecule has 0 aromatic carbocycles. The van der Waals surface area contributed by atoms with Gasteiger partial charge in [-0.25, -0.2) is 4.98 Å². The Labute approximate surface area is 51.7 Å². The Morgan fingerprint density at radius 3 is 3.50 bits per heavy atom. The molecule has 0 bridgehead atoms. The monoisotopic (exact) mass is 123 g/mol. The Balaban J connectivity index is 2.67. The predicted octanol–water partition coefficient (Wildman–Crippen LogP) is 1.71. The fourth-order valence-electron chi connectivity index (χ4n) is 0.845. The summed E-state index contributed by atoms with van der Waals surface area (Å²) in [6.45, 7) is 0. The van der Waals surface area contributed by atoms with Crippen LogP contribution in [-0.2, 0) is 6.42 Å². The van der Waals surface area contributed by atoms with Crippen LogP contribution in [0.2, 0.25) is 0 Å². The van der Waals surface area contributed by atoms with E-state index in [2.05, 4.69) is 17.1 Å². The first-order valence-corrected chi connectivity index (χ1v) is 3.44.